The van der Waals surface area contributed by atoms with Gasteiger partial charge in [-0.05, 0) is 5.92 Å². The molecule has 1 fully saturated rings. The van der Waals surface area contributed by atoms with Crippen molar-refractivity contribution in [2.45, 2.75) is 32.1 Å². The van der Waals surface area contributed by atoms with Gasteiger partial charge in [0.15, 0.2) is 0 Å². The normalized spacial score (nSPS) is 19.3. The predicted octanol–water partition coefficient (Wildman–Crippen LogP) is 2.14. The topological polar surface area (TPSA) is 28.7 Å². The number of nitrogens with zero attached hydrogens (tertiary/aromatic N) is 1. The minimum Gasteiger partial charge on any atom is -0.349 e. The van der Waals surface area contributed by atoms with Gasteiger partial charge in [-0.25, -0.2) is 4.98 Å². The van der Waals surface area contributed by atoms with Crippen LogP contribution in [0, 0.1) is 5.92 Å². The van der Waals surface area contributed by atoms with Crippen LogP contribution in [0.4, 0.5) is 0 Å². The SMILES string of the molecule is c1c[nH]c(CC2CCCC2)n1. The summed E-state index contributed by atoms with van der Waals surface area (Å²) >= 11 is 0. The maximum absolute atomic E-state index is 4.22. The minimum absolute atomic E-state index is 0.904. The quantitative estimate of drug-likeness (QED) is 0.687. The van der Waals surface area contributed by atoms with Crippen LogP contribution >= 0.6 is 0 Å². The molecule has 1 heterocycles. The summed E-state index contributed by atoms with van der Waals surface area (Å²) in [5.41, 5.74) is 0. The second kappa shape index (κ2) is 3.07. The van der Waals surface area contributed by atoms with Crippen LogP contribution in [0.3, 0.4) is 0 Å². The number of aromatic amines is 1. The van der Waals surface area contributed by atoms with E-state index in [1.54, 1.807) is 0 Å². The van der Waals surface area contributed by atoms with Crippen molar-refractivity contribution in [1.82, 2.24) is 9.97 Å². The summed E-state index contributed by atoms with van der Waals surface area (Å²) in [4.78, 5) is 7.38. The second-order valence-electron chi connectivity index (χ2n) is 3.39. The van der Waals surface area contributed by atoms with Gasteiger partial charge >= 0.3 is 0 Å². The van der Waals surface area contributed by atoms with Crippen molar-refractivity contribution in [3.8, 4) is 0 Å². The van der Waals surface area contributed by atoms with Crippen molar-refractivity contribution in [1.29, 1.82) is 0 Å². The molecule has 1 aliphatic rings. The van der Waals surface area contributed by atoms with Crippen LogP contribution < -0.4 is 0 Å². The van der Waals surface area contributed by atoms with Gasteiger partial charge in [0.05, 0.1) is 0 Å². The molecule has 2 heteroatoms. The summed E-state index contributed by atoms with van der Waals surface area (Å²) in [6, 6.07) is 0. The van der Waals surface area contributed by atoms with Crippen molar-refractivity contribution < 1.29 is 0 Å². The molecule has 0 aromatic carbocycles. The highest BCUT2D eigenvalue weighted by Crippen LogP contribution is 2.26. The number of hydrogen-bond acceptors (Lipinski definition) is 1. The first-order valence-electron chi connectivity index (χ1n) is 4.43. The van der Waals surface area contributed by atoms with Crippen LogP contribution in [0.25, 0.3) is 0 Å². The van der Waals surface area contributed by atoms with E-state index in [2.05, 4.69) is 9.97 Å². The maximum Gasteiger partial charge on any atom is 0.106 e. The van der Waals surface area contributed by atoms with Crippen molar-refractivity contribution in [2.24, 2.45) is 5.92 Å². The third-order valence-corrected chi connectivity index (χ3v) is 2.51. The monoisotopic (exact) mass is 150 g/mol. The van der Waals surface area contributed by atoms with E-state index >= 15 is 0 Å². The van der Waals surface area contributed by atoms with Gasteiger partial charge in [-0.15, -0.1) is 0 Å². The van der Waals surface area contributed by atoms with Gasteiger partial charge in [-0.2, -0.15) is 0 Å². The van der Waals surface area contributed by atoms with Gasteiger partial charge in [0.2, 0.25) is 0 Å². The lowest BCUT2D eigenvalue weighted by atomic mass is 10.0. The fraction of sp³-hybridized carbons (Fsp3) is 0.667. The van der Waals surface area contributed by atoms with Crippen molar-refractivity contribution in [3.05, 3.63) is 18.2 Å². The Morgan fingerprint density at radius 3 is 2.91 bits per heavy atom. The molecular weight excluding hydrogens is 136 g/mol. The molecule has 0 saturated heterocycles. The van der Waals surface area contributed by atoms with Crippen LogP contribution in [0.2, 0.25) is 0 Å². The van der Waals surface area contributed by atoms with Gasteiger partial charge in [0.1, 0.15) is 5.82 Å². The predicted molar refractivity (Wildman–Crippen MR) is 44.2 cm³/mol. The minimum atomic E-state index is 0.904. The Morgan fingerprint density at radius 2 is 2.27 bits per heavy atom. The van der Waals surface area contributed by atoms with Gasteiger partial charge < -0.3 is 4.98 Å². The lowest BCUT2D eigenvalue weighted by Crippen LogP contribution is -1.99. The van der Waals surface area contributed by atoms with E-state index in [0.29, 0.717) is 0 Å². The number of aromatic nitrogens is 2. The standard InChI is InChI=1S/C9H14N2/c1-2-4-8(3-1)7-9-10-5-6-11-9/h5-6,8H,1-4,7H2,(H,10,11). The number of rotatable bonds is 2. The molecule has 0 radical (unpaired) electrons. The van der Waals surface area contributed by atoms with E-state index in [4.69, 9.17) is 0 Å². The number of nitrogens with one attached hydrogen (secondary N) is 1. The van der Waals surface area contributed by atoms with E-state index in [1.807, 2.05) is 12.4 Å². The Labute approximate surface area is 67.0 Å². The van der Waals surface area contributed by atoms with Crippen LogP contribution in [0.1, 0.15) is 31.5 Å². The molecule has 2 nitrogen and oxygen atoms in total. The Hall–Kier alpha value is -0.790. The molecular formula is C9H14N2. The molecule has 1 N–H and O–H groups in total. The highest BCUT2D eigenvalue weighted by Gasteiger charge is 2.15. The Morgan fingerprint density at radius 1 is 1.45 bits per heavy atom. The molecule has 1 aliphatic carbocycles. The fourth-order valence-corrected chi connectivity index (χ4v) is 1.90. The summed E-state index contributed by atoms with van der Waals surface area (Å²) < 4.78 is 0. The van der Waals surface area contributed by atoms with E-state index in [-0.39, 0.29) is 0 Å². The molecule has 2 rings (SSSR count). The first-order valence-corrected chi connectivity index (χ1v) is 4.43. The average Bonchev–Trinajstić information content (AvgIpc) is 2.60. The smallest absolute Gasteiger partial charge is 0.106 e. The van der Waals surface area contributed by atoms with Crippen molar-refractivity contribution in [2.75, 3.05) is 0 Å². The number of imidazole rings is 1. The van der Waals surface area contributed by atoms with Gasteiger partial charge in [0.25, 0.3) is 0 Å². The number of H-pyrrole nitrogens is 1. The third kappa shape index (κ3) is 1.62. The molecule has 0 unspecified atom stereocenters. The zero-order valence-electron chi connectivity index (χ0n) is 6.71. The summed E-state index contributed by atoms with van der Waals surface area (Å²) in [6.45, 7) is 0. The van der Waals surface area contributed by atoms with E-state index in [9.17, 15) is 0 Å². The Kier molecular flexibility index (Phi) is 1.93. The molecule has 1 aromatic rings. The Balaban J connectivity index is 1.90. The lowest BCUT2D eigenvalue weighted by molar-refractivity contribution is 0.533. The molecule has 0 atom stereocenters. The van der Waals surface area contributed by atoms with Gasteiger partial charge in [-0.3, -0.25) is 0 Å². The largest absolute Gasteiger partial charge is 0.349 e. The van der Waals surface area contributed by atoms with Crippen LogP contribution in [-0.2, 0) is 6.42 Å². The third-order valence-electron chi connectivity index (χ3n) is 2.51. The molecule has 11 heavy (non-hydrogen) atoms. The average molecular weight is 150 g/mol. The summed E-state index contributed by atoms with van der Waals surface area (Å²) in [7, 11) is 0. The highest BCUT2D eigenvalue weighted by molar-refractivity contribution is 4.89. The van der Waals surface area contributed by atoms with Gasteiger partial charge in [-0.1, -0.05) is 25.7 Å². The molecule has 1 aromatic heterocycles. The first kappa shape index (κ1) is 6.89. The summed E-state index contributed by atoms with van der Waals surface area (Å²) in [5.74, 6) is 2.07. The molecule has 60 valence electrons. The van der Waals surface area contributed by atoms with E-state index in [1.165, 1.54) is 25.7 Å². The van der Waals surface area contributed by atoms with E-state index in [0.717, 1.165) is 18.2 Å². The number of hydrogen-bond donors (Lipinski definition) is 1. The second-order valence-corrected chi connectivity index (χ2v) is 3.39. The fourth-order valence-electron chi connectivity index (χ4n) is 1.90. The van der Waals surface area contributed by atoms with Crippen LogP contribution in [0.15, 0.2) is 12.4 Å². The zero-order valence-corrected chi connectivity index (χ0v) is 6.71. The van der Waals surface area contributed by atoms with Crippen molar-refractivity contribution in [3.63, 3.8) is 0 Å². The molecule has 0 spiro atoms. The van der Waals surface area contributed by atoms with Crippen LogP contribution in [-0.4, -0.2) is 9.97 Å². The molecule has 1 saturated carbocycles. The zero-order chi connectivity index (χ0) is 7.52. The maximum atomic E-state index is 4.22. The highest BCUT2D eigenvalue weighted by atomic mass is 14.9. The summed E-state index contributed by atoms with van der Waals surface area (Å²) in [5, 5.41) is 0. The Bertz CT molecular complexity index is 197. The molecule has 0 bridgehead atoms. The molecule has 0 amide bonds. The summed E-state index contributed by atoms with van der Waals surface area (Å²) in [6.07, 6.45) is 10.6. The first-order chi connectivity index (χ1) is 5.45. The van der Waals surface area contributed by atoms with Crippen LogP contribution in [0.5, 0.6) is 0 Å². The van der Waals surface area contributed by atoms with E-state index < -0.39 is 0 Å². The van der Waals surface area contributed by atoms with Gasteiger partial charge in [0, 0.05) is 18.8 Å². The van der Waals surface area contributed by atoms with Crippen molar-refractivity contribution >= 4 is 0 Å². The lowest BCUT2D eigenvalue weighted by Gasteiger charge is -2.04. The molecule has 0 aliphatic heterocycles.